The van der Waals surface area contributed by atoms with E-state index in [9.17, 15) is 13.2 Å². The Kier molecular flexibility index (Phi) is 3.63. The second-order valence-electron chi connectivity index (χ2n) is 4.32. The molecule has 100 valence electrons. The van der Waals surface area contributed by atoms with Crippen molar-refractivity contribution < 1.29 is 13.2 Å². The molecule has 0 saturated heterocycles. The molecule has 1 aromatic heterocycles. The van der Waals surface area contributed by atoms with Crippen LogP contribution in [0.5, 0.6) is 0 Å². The largest absolute Gasteiger partial charge is 0.350 e. The average Bonchev–Trinajstić information content (AvgIpc) is 3.00. The first-order valence-corrected chi connectivity index (χ1v) is 8.04. The summed E-state index contributed by atoms with van der Waals surface area (Å²) < 4.78 is 22.9. The van der Waals surface area contributed by atoms with Crippen LogP contribution in [0.25, 0.3) is 0 Å². The molecule has 0 aromatic carbocycles. The predicted octanol–water partition coefficient (Wildman–Crippen LogP) is 1.04. The lowest BCUT2D eigenvalue weighted by Gasteiger charge is -2.03. The van der Waals surface area contributed by atoms with Gasteiger partial charge in [0.05, 0.1) is 5.69 Å². The van der Waals surface area contributed by atoms with Crippen LogP contribution < -0.4 is 5.32 Å². The Hall–Kier alpha value is -1.08. The van der Waals surface area contributed by atoms with Gasteiger partial charge in [0.15, 0.2) is 5.69 Å². The van der Waals surface area contributed by atoms with Crippen molar-refractivity contribution in [3.05, 3.63) is 11.4 Å². The molecule has 0 atom stereocenters. The average molecular weight is 292 g/mol. The summed E-state index contributed by atoms with van der Waals surface area (Å²) in [5.74, 6) is 0.00618. The molecule has 1 saturated carbocycles. The smallest absolute Gasteiger partial charge is 0.273 e. The molecular weight excluding hydrogens is 278 g/mol. The maximum Gasteiger partial charge on any atom is 0.273 e. The quantitative estimate of drug-likeness (QED) is 0.793. The van der Waals surface area contributed by atoms with Crippen LogP contribution in [-0.2, 0) is 15.5 Å². The van der Waals surface area contributed by atoms with E-state index in [1.807, 2.05) is 0 Å². The van der Waals surface area contributed by atoms with E-state index < -0.39 is 15.0 Å². The summed E-state index contributed by atoms with van der Waals surface area (Å²) in [4.78, 5) is 11.6. The third kappa shape index (κ3) is 2.84. The molecule has 8 heteroatoms. The van der Waals surface area contributed by atoms with Crippen LogP contribution in [0.15, 0.2) is 4.90 Å². The van der Waals surface area contributed by atoms with Gasteiger partial charge in [-0.05, 0) is 25.2 Å². The summed E-state index contributed by atoms with van der Waals surface area (Å²) in [7, 11) is 1.36. The first-order valence-electron chi connectivity index (χ1n) is 5.73. The number of carbonyl (C=O) groups is 1. The highest BCUT2D eigenvalue weighted by molar-refractivity contribution is 8.13. The van der Waals surface area contributed by atoms with Gasteiger partial charge in [-0.2, -0.15) is 5.10 Å². The summed E-state index contributed by atoms with van der Waals surface area (Å²) in [5.41, 5.74) is 0.198. The molecule has 1 amide bonds. The van der Waals surface area contributed by atoms with Crippen LogP contribution in [0.2, 0.25) is 0 Å². The molecule has 1 aromatic rings. The number of amides is 1. The van der Waals surface area contributed by atoms with E-state index in [2.05, 4.69) is 15.5 Å². The van der Waals surface area contributed by atoms with Gasteiger partial charge in [-0.1, -0.05) is 6.92 Å². The van der Waals surface area contributed by atoms with Crippen LogP contribution in [-0.4, -0.2) is 31.1 Å². The normalized spacial score (nSPS) is 15.7. The fourth-order valence-electron chi connectivity index (χ4n) is 1.67. The lowest BCUT2D eigenvalue weighted by Crippen LogP contribution is -2.27. The highest BCUT2D eigenvalue weighted by Gasteiger charge is 2.29. The Morgan fingerprint density at radius 2 is 2.22 bits per heavy atom. The molecule has 2 N–H and O–H groups in total. The van der Waals surface area contributed by atoms with Crippen molar-refractivity contribution >= 4 is 25.6 Å². The number of aromatic nitrogens is 2. The van der Waals surface area contributed by atoms with Crippen molar-refractivity contribution in [1.29, 1.82) is 0 Å². The van der Waals surface area contributed by atoms with Gasteiger partial charge in [-0.3, -0.25) is 9.89 Å². The monoisotopic (exact) mass is 291 g/mol. The van der Waals surface area contributed by atoms with Crippen LogP contribution >= 0.6 is 10.7 Å². The molecule has 1 heterocycles. The number of nitrogens with one attached hydrogen (secondary N) is 2. The summed E-state index contributed by atoms with van der Waals surface area (Å²) in [5, 5.41) is 8.96. The second kappa shape index (κ2) is 4.89. The Morgan fingerprint density at radius 1 is 1.56 bits per heavy atom. The fraction of sp³-hybridized carbons (Fsp3) is 0.600. The molecule has 6 nitrogen and oxygen atoms in total. The first kappa shape index (κ1) is 13.4. The van der Waals surface area contributed by atoms with Crippen LogP contribution in [0.3, 0.4) is 0 Å². The first-order chi connectivity index (χ1) is 8.43. The topological polar surface area (TPSA) is 91.9 Å². The number of hydrogen-bond donors (Lipinski definition) is 2. The molecule has 1 aliphatic carbocycles. The van der Waals surface area contributed by atoms with Gasteiger partial charge in [0.1, 0.15) is 4.90 Å². The number of nitrogens with zero attached hydrogens (tertiary/aromatic N) is 1. The maximum absolute atomic E-state index is 11.9. The Balaban J connectivity index is 2.26. The van der Waals surface area contributed by atoms with Crippen molar-refractivity contribution in [2.45, 2.75) is 31.1 Å². The standard InChI is InChI=1S/C10H14ClN3O3S/c1-2-7-9(18(11,16)17)8(14-13-7)10(15)12-5-6-3-4-6/h6H,2-5H2,1H3,(H,12,15)(H,13,14). The summed E-state index contributed by atoms with van der Waals surface area (Å²) >= 11 is 0. The molecule has 1 fully saturated rings. The highest BCUT2D eigenvalue weighted by Crippen LogP contribution is 2.28. The zero-order chi connectivity index (χ0) is 13.3. The minimum absolute atomic E-state index is 0.150. The van der Waals surface area contributed by atoms with E-state index in [0.29, 0.717) is 24.6 Å². The second-order valence-corrected chi connectivity index (χ2v) is 6.83. The van der Waals surface area contributed by atoms with Gasteiger partial charge < -0.3 is 5.32 Å². The number of carbonyl (C=O) groups excluding carboxylic acids is 1. The Morgan fingerprint density at radius 3 is 2.72 bits per heavy atom. The summed E-state index contributed by atoms with van der Waals surface area (Å²) in [6.07, 6.45) is 2.60. The maximum atomic E-state index is 11.9. The minimum Gasteiger partial charge on any atom is -0.350 e. The van der Waals surface area contributed by atoms with Crippen LogP contribution in [0.4, 0.5) is 0 Å². The number of aromatic amines is 1. The van der Waals surface area contributed by atoms with Crippen molar-refractivity contribution in [3.63, 3.8) is 0 Å². The van der Waals surface area contributed by atoms with Gasteiger partial charge in [0, 0.05) is 17.2 Å². The fourth-order valence-corrected chi connectivity index (χ4v) is 3.02. The molecule has 0 aliphatic heterocycles. The number of rotatable bonds is 5. The van der Waals surface area contributed by atoms with E-state index in [0.717, 1.165) is 12.8 Å². The van der Waals surface area contributed by atoms with E-state index in [1.165, 1.54) is 0 Å². The number of halogens is 1. The van der Waals surface area contributed by atoms with Crippen molar-refractivity contribution in [1.82, 2.24) is 15.5 Å². The number of aryl methyl sites for hydroxylation is 1. The molecule has 1 aliphatic rings. The third-order valence-electron chi connectivity index (χ3n) is 2.85. The number of hydrogen-bond acceptors (Lipinski definition) is 4. The van der Waals surface area contributed by atoms with Gasteiger partial charge in [0.2, 0.25) is 0 Å². The summed E-state index contributed by atoms with van der Waals surface area (Å²) in [6.45, 7) is 2.31. The molecule has 0 unspecified atom stereocenters. The van der Waals surface area contributed by atoms with Crippen molar-refractivity contribution in [2.24, 2.45) is 5.92 Å². The number of H-pyrrole nitrogens is 1. The lowest BCUT2D eigenvalue weighted by molar-refractivity contribution is 0.0943. The molecule has 0 bridgehead atoms. The van der Waals surface area contributed by atoms with Gasteiger partial charge >= 0.3 is 0 Å². The third-order valence-corrected chi connectivity index (χ3v) is 4.24. The van der Waals surface area contributed by atoms with Crippen molar-refractivity contribution in [2.75, 3.05) is 6.54 Å². The zero-order valence-electron chi connectivity index (χ0n) is 9.86. The highest BCUT2D eigenvalue weighted by atomic mass is 35.7. The van der Waals surface area contributed by atoms with Crippen molar-refractivity contribution in [3.8, 4) is 0 Å². The van der Waals surface area contributed by atoms with E-state index in [4.69, 9.17) is 10.7 Å². The zero-order valence-corrected chi connectivity index (χ0v) is 11.4. The van der Waals surface area contributed by atoms with E-state index >= 15 is 0 Å². The van der Waals surface area contributed by atoms with Crippen LogP contribution in [0, 0.1) is 5.92 Å². The van der Waals surface area contributed by atoms with E-state index in [1.54, 1.807) is 6.92 Å². The van der Waals surface area contributed by atoms with E-state index in [-0.39, 0.29) is 10.6 Å². The van der Waals surface area contributed by atoms with Crippen LogP contribution in [0.1, 0.15) is 35.9 Å². The minimum atomic E-state index is -3.98. The van der Waals surface area contributed by atoms with Gasteiger partial charge in [-0.15, -0.1) is 0 Å². The van der Waals surface area contributed by atoms with Gasteiger partial charge in [0.25, 0.3) is 15.0 Å². The molecule has 0 radical (unpaired) electrons. The molecule has 18 heavy (non-hydrogen) atoms. The summed E-state index contributed by atoms with van der Waals surface area (Å²) in [6, 6.07) is 0. The molecule has 0 spiro atoms. The SMILES string of the molecule is CCc1[nH]nc(C(=O)NCC2CC2)c1S(=O)(=O)Cl. The molecule has 2 rings (SSSR count). The Bertz CT molecular complexity index is 563. The lowest BCUT2D eigenvalue weighted by atomic mass is 10.3. The Labute approximate surface area is 110 Å². The van der Waals surface area contributed by atoms with Gasteiger partial charge in [-0.25, -0.2) is 8.42 Å². The molecular formula is C10H14ClN3O3S. The predicted molar refractivity (Wildman–Crippen MR) is 66.1 cm³/mol.